The molecule has 0 aliphatic heterocycles. The summed E-state index contributed by atoms with van der Waals surface area (Å²) < 4.78 is 1.73. The number of hydrogen-bond donors (Lipinski definition) is 0. The van der Waals surface area contributed by atoms with Crippen molar-refractivity contribution < 1.29 is 4.79 Å². The zero-order valence-corrected chi connectivity index (χ0v) is 9.16. The van der Waals surface area contributed by atoms with Crippen molar-refractivity contribution in [3.05, 3.63) is 18.0 Å². The molecule has 14 heavy (non-hydrogen) atoms. The molecular formula is C11H18N2O. The summed E-state index contributed by atoms with van der Waals surface area (Å²) in [6, 6.07) is 0. The highest BCUT2D eigenvalue weighted by molar-refractivity contribution is 5.83. The molecule has 0 aliphatic rings. The van der Waals surface area contributed by atoms with Crippen molar-refractivity contribution in [1.29, 1.82) is 0 Å². The average molecular weight is 194 g/mol. The highest BCUT2D eigenvalue weighted by atomic mass is 16.1. The Kier molecular flexibility index (Phi) is 3.86. The highest BCUT2D eigenvalue weighted by Gasteiger charge is 2.14. The van der Waals surface area contributed by atoms with Gasteiger partial charge in [0.05, 0.1) is 6.20 Å². The van der Waals surface area contributed by atoms with Crippen molar-refractivity contribution in [1.82, 2.24) is 9.78 Å². The summed E-state index contributed by atoms with van der Waals surface area (Å²) in [5, 5.41) is 4.05. The van der Waals surface area contributed by atoms with Crippen LogP contribution in [0.25, 0.3) is 0 Å². The van der Waals surface area contributed by atoms with E-state index in [4.69, 9.17) is 0 Å². The van der Waals surface area contributed by atoms with E-state index in [2.05, 4.69) is 18.9 Å². The molecular weight excluding hydrogens is 176 g/mol. The fraction of sp³-hybridized carbons (Fsp3) is 0.636. The molecule has 0 amide bonds. The van der Waals surface area contributed by atoms with Gasteiger partial charge in [0.2, 0.25) is 0 Å². The zero-order chi connectivity index (χ0) is 10.6. The van der Waals surface area contributed by atoms with Crippen LogP contribution >= 0.6 is 0 Å². The largest absolute Gasteiger partial charge is 0.299 e. The van der Waals surface area contributed by atoms with Crippen LogP contribution in [0.1, 0.15) is 32.3 Å². The first-order valence-electron chi connectivity index (χ1n) is 5.17. The molecule has 1 aromatic heterocycles. The molecule has 0 aromatic carbocycles. The standard InChI is InChI=1S/C11H18N2O/c1-4-10(5-2)11(14)6-9-7-12-13(3)8-9/h7-8,10H,4-6H2,1-3H3. The summed E-state index contributed by atoms with van der Waals surface area (Å²) in [7, 11) is 1.87. The molecule has 0 spiro atoms. The van der Waals surface area contributed by atoms with Crippen molar-refractivity contribution >= 4 is 5.78 Å². The third kappa shape index (κ3) is 2.69. The van der Waals surface area contributed by atoms with E-state index in [1.165, 1.54) is 0 Å². The number of nitrogens with zero attached hydrogens (tertiary/aromatic N) is 2. The number of ketones is 1. The molecule has 78 valence electrons. The molecule has 0 radical (unpaired) electrons. The van der Waals surface area contributed by atoms with Gasteiger partial charge in [-0.2, -0.15) is 5.10 Å². The predicted molar refractivity (Wildman–Crippen MR) is 56.0 cm³/mol. The molecule has 0 aliphatic carbocycles. The zero-order valence-electron chi connectivity index (χ0n) is 9.16. The normalized spacial score (nSPS) is 10.9. The summed E-state index contributed by atoms with van der Waals surface area (Å²) >= 11 is 0. The van der Waals surface area contributed by atoms with Gasteiger partial charge >= 0.3 is 0 Å². The molecule has 0 saturated carbocycles. The second-order valence-corrected chi connectivity index (χ2v) is 3.68. The Morgan fingerprint density at radius 2 is 2.14 bits per heavy atom. The summed E-state index contributed by atoms with van der Waals surface area (Å²) in [4.78, 5) is 11.7. The molecule has 3 nitrogen and oxygen atoms in total. The first kappa shape index (κ1) is 11.0. The van der Waals surface area contributed by atoms with Gasteiger partial charge in [-0.3, -0.25) is 9.48 Å². The van der Waals surface area contributed by atoms with Crippen LogP contribution < -0.4 is 0 Å². The molecule has 0 atom stereocenters. The van der Waals surface area contributed by atoms with E-state index < -0.39 is 0 Å². The maximum absolute atomic E-state index is 11.7. The number of carbonyl (C=O) groups is 1. The lowest BCUT2D eigenvalue weighted by atomic mass is 9.94. The van der Waals surface area contributed by atoms with Gasteiger partial charge in [0.25, 0.3) is 0 Å². The molecule has 0 unspecified atom stereocenters. The number of rotatable bonds is 5. The molecule has 1 aromatic rings. The topological polar surface area (TPSA) is 34.9 Å². The molecule has 0 N–H and O–H groups in total. The van der Waals surface area contributed by atoms with Gasteiger partial charge in [0.15, 0.2) is 0 Å². The SMILES string of the molecule is CCC(CC)C(=O)Cc1cnn(C)c1. The first-order valence-corrected chi connectivity index (χ1v) is 5.17. The molecule has 3 heteroatoms. The van der Waals surface area contributed by atoms with E-state index in [-0.39, 0.29) is 5.92 Å². The number of aromatic nitrogens is 2. The Hall–Kier alpha value is -1.12. The minimum atomic E-state index is 0.218. The Morgan fingerprint density at radius 3 is 2.57 bits per heavy atom. The predicted octanol–water partition coefficient (Wildman–Crippen LogP) is 1.97. The Labute approximate surface area is 85.1 Å². The van der Waals surface area contributed by atoms with E-state index in [0.29, 0.717) is 12.2 Å². The van der Waals surface area contributed by atoms with Gasteiger partial charge < -0.3 is 0 Å². The monoisotopic (exact) mass is 194 g/mol. The van der Waals surface area contributed by atoms with Gasteiger partial charge in [-0.15, -0.1) is 0 Å². The fourth-order valence-corrected chi connectivity index (χ4v) is 1.65. The van der Waals surface area contributed by atoms with Gasteiger partial charge in [0.1, 0.15) is 5.78 Å². The molecule has 0 bridgehead atoms. The number of aryl methyl sites for hydroxylation is 1. The van der Waals surface area contributed by atoms with Crippen LogP contribution in [0, 0.1) is 5.92 Å². The molecule has 0 saturated heterocycles. The minimum absolute atomic E-state index is 0.218. The lowest BCUT2D eigenvalue weighted by Gasteiger charge is -2.09. The van der Waals surface area contributed by atoms with Crippen molar-refractivity contribution in [3.63, 3.8) is 0 Å². The van der Waals surface area contributed by atoms with E-state index in [0.717, 1.165) is 18.4 Å². The van der Waals surface area contributed by atoms with Crippen molar-refractivity contribution in [3.8, 4) is 0 Å². The fourth-order valence-electron chi connectivity index (χ4n) is 1.65. The number of Topliss-reactive ketones (excluding diaryl/α,β-unsaturated/α-hetero) is 1. The second-order valence-electron chi connectivity index (χ2n) is 3.68. The van der Waals surface area contributed by atoms with Crippen LogP contribution in [0.15, 0.2) is 12.4 Å². The maximum Gasteiger partial charge on any atom is 0.140 e. The summed E-state index contributed by atoms with van der Waals surface area (Å²) in [5.74, 6) is 0.554. The van der Waals surface area contributed by atoms with Crippen LogP contribution in [-0.2, 0) is 18.3 Å². The van der Waals surface area contributed by atoms with Crippen molar-refractivity contribution in [2.75, 3.05) is 0 Å². The highest BCUT2D eigenvalue weighted by Crippen LogP contribution is 2.12. The quantitative estimate of drug-likeness (QED) is 0.718. The second kappa shape index (κ2) is 4.94. The Bertz CT molecular complexity index is 300. The van der Waals surface area contributed by atoms with E-state index >= 15 is 0 Å². The van der Waals surface area contributed by atoms with E-state index in [1.54, 1.807) is 10.9 Å². The third-order valence-corrected chi connectivity index (χ3v) is 2.58. The smallest absolute Gasteiger partial charge is 0.140 e. The van der Waals surface area contributed by atoms with Gasteiger partial charge in [-0.05, 0) is 18.4 Å². The summed E-state index contributed by atoms with van der Waals surface area (Å²) in [6.07, 6.45) is 6.08. The minimum Gasteiger partial charge on any atom is -0.299 e. The van der Waals surface area contributed by atoms with Crippen LogP contribution in [0.4, 0.5) is 0 Å². The van der Waals surface area contributed by atoms with Crippen LogP contribution in [-0.4, -0.2) is 15.6 Å². The van der Waals surface area contributed by atoms with Crippen LogP contribution in [0.3, 0.4) is 0 Å². The first-order chi connectivity index (χ1) is 6.67. The van der Waals surface area contributed by atoms with Crippen molar-refractivity contribution in [2.45, 2.75) is 33.1 Å². The van der Waals surface area contributed by atoms with Crippen molar-refractivity contribution in [2.24, 2.45) is 13.0 Å². The van der Waals surface area contributed by atoms with Gasteiger partial charge in [0, 0.05) is 25.6 Å². The Balaban J connectivity index is 2.56. The number of carbonyl (C=O) groups excluding carboxylic acids is 1. The molecule has 1 rings (SSSR count). The van der Waals surface area contributed by atoms with E-state index in [1.807, 2.05) is 13.2 Å². The summed E-state index contributed by atoms with van der Waals surface area (Å²) in [6.45, 7) is 4.13. The van der Waals surface area contributed by atoms with Crippen LogP contribution in [0.5, 0.6) is 0 Å². The average Bonchev–Trinajstić information content (AvgIpc) is 2.53. The Morgan fingerprint density at radius 1 is 1.50 bits per heavy atom. The van der Waals surface area contributed by atoms with Gasteiger partial charge in [-0.25, -0.2) is 0 Å². The van der Waals surface area contributed by atoms with Crippen LogP contribution in [0.2, 0.25) is 0 Å². The maximum atomic E-state index is 11.7. The lowest BCUT2D eigenvalue weighted by molar-refractivity contribution is -0.122. The third-order valence-electron chi connectivity index (χ3n) is 2.58. The molecule has 0 fully saturated rings. The lowest BCUT2D eigenvalue weighted by Crippen LogP contribution is -2.14. The van der Waals surface area contributed by atoms with E-state index in [9.17, 15) is 4.79 Å². The van der Waals surface area contributed by atoms with Gasteiger partial charge in [-0.1, -0.05) is 13.8 Å². The summed E-state index contributed by atoms with van der Waals surface area (Å²) in [5.41, 5.74) is 1.02. The number of hydrogen-bond acceptors (Lipinski definition) is 2. The molecule has 1 heterocycles.